The number of aromatic nitrogens is 4. The Hall–Kier alpha value is -1.34. The summed E-state index contributed by atoms with van der Waals surface area (Å²) in [5, 5.41) is 4.08. The zero-order chi connectivity index (χ0) is 13.0. The molecule has 7 nitrogen and oxygen atoms in total. The van der Waals surface area contributed by atoms with Gasteiger partial charge >= 0.3 is 12.7 Å². The van der Waals surface area contributed by atoms with E-state index in [1.165, 1.54) is 25.2 Å². The quantitative estimate of drug-likeness (QED) is 0.772. The maximum Gasteiger partial charge on any atom is 0.382 e. The van der Waals surface area contributed by atoms with Gasteiger partial charge in [0, 0.05) is 32.2 Å². The molecule has 0 aromatic carbocycles. The van der Waals surface area contributed by atoms with Crippen LogP contribution >= 0.6 is 6.72 Å². The number of rotatable bonds is 5. The largest absolute Gasteiger partial charge is 0.388 e. The van der Waals surface area contributed by atoms with Crippen molar-refractivity contribution in [3.05, 3.63) is 30.7 Å². The van der Waals surface area contributed by atoms with Gasteiger partial charge in [-0.05, 0) is 12.1 Å². The van der Waals surface area contributed by atoms with Crippen LogP contribution in [-0.4, -0.2) is 34.0 Å². The van der Waals surface area contributed by atoms with E-state index in [9.17, 15) is 0 Å². The van der Waals surface area contributed by atoms with E-state index in [4.69, 9.17) is 25.4 Å². The van der Waals surface area contributed by atoms with Crippen molar-refractivity contribution >= 4 is 18.5 Å². The third-order valence-corrected chi connectivity index (χ3v) is 4.39. The normalized spacial score (nSPS) is 11.4. The summed E-state index contributed by atoms with van der Waals surface area (Å²) in [5.41, 5.74) is 0. The van der Waals surface area contributed by atoms with Crippen LogP contribution in [0.5, 0.6) is 6.01 Å². The standard InChI is InChI=1S/C9H11N4O3PS/c1-14-17(18,15-2)16-9-11-7-13(12-9)8-5-3-4-6-10-8/h3-7H,1-2H3. The molecule has 0 saturated carbocycles. The van der Waals surface area contributed by atoms with Crippen molar-refractivity contribution in [3.8, 4) is 11.8 Å². The number of hydrogen-bond donors (Lipinski definition) is 0. The third kappa shape index (κ3) is 2.91. The first kappa shape index (κ1) is 13.1. The molecule has 0 unspecified atom stereocenters. The van der Waals surface area contributed by atoms with Gasteiger partial charge in [0.15, 0.2) is 5.82 Å². The molecule has 0 aliphatic rings. The first-order valence-corrected chi connectivity index (χ1v) is 7.46. The fourth-order valence-electron chi connectivity index (χ4n) is 1.14. The summed E-state index contributed by atoms with van der Waals surface area (Å²) >= 11 is 5.05. The molecule has 18 heavy (non-hydrogen) atoms. The first-order valence-electron chi connectivity index (χ1n) is 4.91. The zero-order valence-electron chi connectivity index (χ0n) is 9.76. The molecule has 0 radical (unpaired) electrons. The SMILES string of the molecule is COP(=S)(OC)Oc1ncn(-c2ccccn2)n1. The number of nitrogens with zero attached hydrogens (tertiary/aromatic N) is 4. The Labute approximate surface area is 109 Å². The Kier molecular flexibility index (Phi) is 4.03. The van der Waals surface area contributed by atoms with Gasteiger partial charge in [0.05, 0.1) is 0 Å². The van der Waals surface area contributed by atoms with Crippen LogP contribution in [0.1, 0.15) is 0 Å². The maximum atomic E-state index is 5.31. The minimum Gasteiger partial charge on any atom is -0.388 e. The summed E-state index contributed by atoms with van der Waals surface area (Å²) in [7, 11) is 2.83. The second-order valence-corrected chi connectivity index (χ2v) is 6.21. The van der Waals surface area contributed by atoms with E-state index in [0.29, 0.717) is 5.82 Å². The van der Waals surface area contributed by atoms with Crippen LogP contribution in [-0.2, 0) is 20.9 Å². The monoisotopic (exact) mass is 286 g/mol. The van der Waals surface area contributed by atoms with Crippen LogP contribution in [0, 0.1) is 0 Å². The van der Waals surface area contributed by atoms with Crippen molar-refractivity contribution in [1.29, 1.82) is 0 Å². The molecule has 9 heteroatoms. The molecular formula is C9H11N4O3PS. The van der Waals surface area contributed by atoms with Crippen LogP contribution in [0.2, 0.25) is 0 Å². The lowest BCUT2D eigenvalue weighted by Crippen LogP contribution is -2.00. The molecule has 0 fully saturated rings. The summed E-state index contributed by atoms with van der Waals surface area (Å²) in [6, 6.07) is 5.54. The minimum atomic E-state index is -2.81. The Morgan fingerprint density at radius 3 is 2.61 bits per heavy atom. The smallest absolute Gasteiger partial charge is 0.382 e. The van der Waals surface area contributed by atoms with Gasteiger partial charge in [-0.25, -0.2) is 4.98 Å². The van der Waals surface area contributed by atoms with Gasteiger partial charge in [0.1, 0.15) is 6.33 Å². The predicted molar refractivity (Wildman–Crippen MR) is 68.1 cm³/mol. The van der Waals surface area contributed by atoms with Crippen molar-refractivity contribution in [2.24, 2.45) is 0 Å². The van der Waals surface area contributed by atoms with E-state index in [1.54, 1.807) is 12.3 Å². The van der Waals surface area contributed by atoms with Crippen LogP contribution < -0.4 is 4.52 Å². The van der Waals surface area contributed by atoms with E-state index >= 15 is 0 Å². The highest BCUT2D eigenvalue weighted by atomic mass is 32.5. The summed E-state index contributed by atoms with van der Waals surface area (Å²) < 4.78 is 16.8. The van der Waals surface area contributed by atoms with E-state index in [1.807, 2.05) is 12.1 Å². The molecule has 2 rings (SSSR count). The molecule has 96 valence electrons. The summed E-state index contributed by atoms with van der Waals surface area (Å²) in [5.74, 6) is 0.628. The van der Waals surface area contributed by atoms with Crippen LogP contribution in [0.3, 0.4) is 0 Å². The van der Waals surface area contributed by atoms with Gasteiger partial charge in [0.25, 0.3) is 0 Å². The van der Waals surface area contributed by atoms with E-state index in [2.05, 4.69) is 15.1 Å². The first-order chi connectivity index (χ1) is 8.67. The molecule has 2 aromatic heterocycles. The highest BCUT2D eigenvalue weighted by Gasteiger charge is 2.21. The molecule has 0 saturated heterocycles. The molecule has 0 bridgehead atoms. The predicted octanol–water partition coefficient (Wildman–Crippen LogP) is 1.56. The lowest BCUT2D eigenvalue weighted by atomic mass is 10.5. The van der Waals surface area contributed by atoms with Crippen molar-refractivity contribution in [2.75, 3.05) is 14.2 Å². The van der Waals surface area contributed by atoms with Crippen LogP contribution in [0.4, 0.5) is 0 Å². The Bertz CT molecular complexity index is 554. The molecule has 2 aromatic rings. The molecule has 0 aliphatic carbocycles. The van der Waals surface area contributed by atoms with Crippen LogP contribution in [0.25, 0.3) is 5.82 Å². The van der Waals surface area contributed by atoms with Crippen LogP contribution in [0.15, 0.2) is 30.7 Å². The second kappa shape index (κ2) is 5.53. The average Bonchev–Trinajstić information content (AvgIpc) is 2.88. The molecular weight excluding hydrogens is 275 g/mol. The van der Waals surface area contributed by atoms with Crippen molar-refractivity contribution in [2.45, 2.75) is 0 Å². The van der Waals surface area contributed by atoms with E-state index in [-0.39, 0.29) is 6.01 Å². The average molecular weight is 286 g/mol. The molecule has 0 spiro atoms. The van der Waals surface area contributed by atoms with Crippen molar-refractivity contribution in [3.63, 3.8) is 0 Å². The second-order valence-electron chi connectivity index (χ2n) is 3.06. The molecule has 0 aliphatic heterocycles. The van der Waals surface area contributed by atoms with Gasteiger partial charge in [-0.2, -0.15) is 9.67 Å². The zero-order valence-corrected chi connectivity index (χ0v) is 11.5. The Morgan fingerprint density at radius 2 is 2.00 bits per heavy atom. The Balaban J connectivity index is 2.19. The number of pyridine rings is 1. The van der Waals surface area contributed by atoms with Gasteiger partial charge in [0.2, 0.25) is 0 Å². The maximum absolute atomic E-state index is 5.31. The topological polar surface area (TPSA) is 71.3 Å². The molecule has 2 heterocycles. The molecule has 0 atom stereocenters. The summed E-state index contributed by atoms with van der Waals surface area (Å²) in [6.07, 6.45) is 3.13. The summed E-state index contributed by atoms with van der Waals surface area (Å²) in [6.45, 7) is -2.81. The third-order valence-electron chi connectivity index (χ3n) is 2.00. The molecule has 0 amide bonds. The van der Waals surface area contributed by atoms with Crippen molar-refractivity contribution < 1.29 is 13.6 Å². The van der Waals surface area contributed by atoms with E-state index < -0.39 is 6.72 Å². The van der Waals surface area contributed by atoms with Crippen molar-refractivity contribution in [1.82, 2.24) is 19.7 Å². The summed E-state index contributed by atoms with van der Waals surface area (Å²) in [4.78, 5) is 8.09. The fourth-order valence-corrected chi connectivity index (χ4v) is 1.92. The fraction of sp³-hybridized carbons (Fsp3) is 0.222. The highest BCUT2D eigenvalue weighted by molar-refractivity contribution is 8.07. The lowest BCUT2D eigenvalue weighted by molar-refractivity contribution is 0.267. The minimum absolute atomic E-state index is 0.0905. The number of hydrogen-bond acceptors (Lipinski definition) is 7. The van der Waals surface area contributed by atoms with Gasteiger partial charge in [-0.3, -0.25) is 0 Å². The lowest BCUT2D eigenvalue weighted by Gasteiger charge is -2.14. The van der Waals surface area contributed by atoms with Gasteiger partial charge < -0.3 is 13.6 Å². The Morgan fingerprint density at radius 1 is 1.22 bits per heavy atom. The van der Waals surface area contributed by atoms with Gasteiger partial charge in [-0.15, -0.1) is 5.10 Å². The highest BCUT2D eigenvalue weighted by Crippen LogP contribution is 2.47. The molecule has 0 N–H and O–H groups in total. The van der Waals surface area contributed by atoms with E-state index in [0.717, 1.165) is 0 Å². The van der Waals surface area contributed by atoms with Gasteiger partial charge in [-0.1, -0.05) is 6.07 Å².